The minimum atomic E-state index is 0.680. The first-order valence-corrected chi connectivity index (χ1v) is 13.1. The number of hydrogen-bond acceptors (Lipinski definition) is 2. The van der Waals surface area contributed by atoms with Gasteiger partial charge >= 0.3 is 0 Å². The summed E-state index contributed by atoms with van der Waals surface area (Å²) < 4.78 is 12.3. The normalized spacial score (nSPS) is 11.2. The summed E-state index contributed by atoms with van der Waals surface area (Å²) in [5.41, 5.74) is 0. The summed E-state index contributed by atoms with van der Waals surface area (Å²) >= 11 is 6.48. The maximum Gasteiger partial charge on any atom is 0.145 e. The zero-order chi connectivity index (χ0) is 22.2. The van der Waals surface area contributed by atoms with Crippen molar-refractivity contribution >= 4 is 22.4 Å². The Bertz CT molecular complexity index is 728. The lowest BCUT2D eigenvalue weighted by Gasteiger charge is -2.14. The van der Waals surface area contributed by atoms with E-state index in [-0.39, 0.29) is 0 Å². The molecule has 2 nitrogen and oxygen atoms in total. The molecule has 0 fully saturated rings. The van der Waals surface area contributed by atoms with E-state index in [1.165, 1.54) is 77.0 Å². The van der Waals surface area contributed by atoms with Crippen LogP contribution in [0.15, 0.2) is 30.3 Å². The van der Waals surface area contributed by atoms with Gasteiger partial charge in [-0.3, -0.25) is 0 Å². The minimum Gasteiger partial charge on any atom is -0.493 e. The second-order valence-electron chi connectivity index (χ2n) is 8.67. The van der Waals surface area contributed by atoms with Gasteiger partial charge in [-0.15, -0.1) is 0 Å². The fourth-order valence-corrected chi connectivity index (χ4v) is 4.24. The molecule has 0 amide bonds. The van der Waals surface area contributed by atoms with Crippen LogP contribution in [0, 0.1) is 0 Å². The van der Waals surface area contributed by atoms with E-state index in [1.54, 1.807) is 0 Å². The Morgan fingerprint density at radius 2 is 1.13 bits per heavy atom. The van der Waals surface area contributed by atoms with Gasteiger partial charge in [0.05, 0.1) is 18.2 Å². The Kier molecular flexibility index (Phi) is 13.6. The predicted molar refractivity (Wildman–Crippen MR) is 136 cm³/mol. The third-order valence-corrected chi connectivity index (χ3v) is 6.22. The number of ether oxygens (including phenoxy) is 2. The molecule has 0 N–H and O–H groups in total. The van der Waals surface area contributed by atoms with Crippen molar-refractivity contribution in [1.29, 1.82) is 0 Å². The van der Waals surface area contributed by atoms with Crippen molar-refractivity contribution in [1.82, 2.24) is 0 Å². The Balaban J connectivity index is 1.81. The first-order valence-electron chi connectivity index (χ1n) is 12.7. The minimum absolute atomic E-state index is 0.680. The summed E-state index contributed by atoms with van der Waals surface area (Å²) in [6.45, 7) is 6.00. The largest absolute Gasteiger partial charge is 0.493 e. The Morgan fingerprint density at radius 3 is 1.74 bits per heavy atom. The summed E-state index contributed by atoms with van der Waals surface area (Å²) in [6, 6.07) is 10.2. The molecule has 31 heavy (non-hydrogen) atoms. The van der Waals surface area contributed by atoms with Crippen LogP contribution in [0.25, 0.3) is 10.8 Å². The average Bonchev–Trinajstić information content (AvgIpc) is 2.78. The van der Waals surface area contributed by atoms with Crippen molar-refractivity contribution in [2.24, 2.45) is 0 Å². The van der Waals surface area contributed by atoms with E-state index in [1.807, 2.05) is 12.1 Å². The van der Waals surface area contributed by atoms with Crippen molar-refractivity contribution in [3.63, 3.8) is 0 Å². The topological polar surface area (TPSA) is 18.5 Å². The second kappa shape index (κ2) is 16.3. The van der Waals surface area contributed by atoms with Crippen LogP contribution in [0.4, 0.5) is 0 Å². The summed E-state index contributed by atoms with van der Waals surface area (Å²) in [6.07, 6.45) is 18.0. The maximum absolute atomic E-state index is 6.48. The quantitative estimate of drug-likeness (QED) is 0.212. The van der Waals surface area contributed by atoms with Gasteiger partial charge < -0.3 is 9.47 Å². The monoisotopic (exact) mass is 446 g/mol. The molecule has 0 aliphatic rings. The standard InChI is InChI=1S/C28H43ClO2/c1-3-5-7-9-11-13-15-22-30-27-19-17-18-25-24(27)20-21-26(29)28(25)31-23-16-14-12-10-8-6-4-2/h17-21H,3-16,22-23H2,1-2H3. The van der Waals surface area contributed by atoms with Crippen LogP contribution in [0.5, 0.6) is 11.5 Å². The average molecular weight is 447 g/mol. The van der Waals surface area contributed by atoms with Gasteiger partial charge in [-0.25, -0.2) is 0 Å². The zero-order valence-corrected chi connectivity index (χ0v) is 20.7. The Labute approximate surface area is 195 Å². The van der Waals surface area contributed by atoms with Crippen molar-refractivity contribution in [3.05, 3.63) is 35.4 Å². The lowest BCUT2D eigenvalue weighted by molar-refractivity contribution is 0.304. The number of unbranched alkanes of at least 4 members (excludes halogenated alkanes) is 12. The maximum atomic E-state index is 6.48. The smallest absolute Gasteiger partial charge is 0.145 e. The SMILES string of the molecule is CCCCCCCCCOc1cccc2c(OCCCCCCCCC)c(Cl)ccc12. The summed E-state index contributed by atoms with van der Waals surface area (Å²) in [4.78, 5) is 0. The number of benzene rings is 2. The van der Waals surface area contributed by atoms with Crippen molar-refractivity contribution < 1.29 is 9.47 Å². The summed E-state index contributed by atoms with van der Waals surface area (Å²) in [5.74, 6) is 1.73. The van der Waals surface area contributed by atoms with Gasteiger partial charge in [-0.1, -0.05) is 115 Å². The van der Waals surface area contributed by atoms with Crippen molar-refractivity contribution in [2.45, 2.75) is 104 Å². The van der Waals surface area contributed by atoms with Gasteiger partial charge in [0, 0.05) is 10.8 Å². The highest BCUT2D eigenvalue weighted by Crippen LogP contribution is 2.37. The number of fused-ring (bicyclic) bond motifs is 1. The van der Waals surface area contributed by atoms with Crippen LogP contribution in [-0.2, 0) is 0 Å². The van der Waals surface area contributed by atoms with Crippen LogP contribution < -0.4 is 9.47 Å². The lowest BCUT2D eigenvalue weighted by Crippen LogP contribution is -2.00. The summed E-state index contributed by atoms with van der Waals surface area (Å²) in [7, 11) is 0. The highest BCUT2D eigenvalue weighted by molar-refractivity contribution is 6.33. The number of halogens is 1. The molecule has 0 spiro atoms. The highest BCUT2D eigenvalue weighted by Gasteiger charge is 2.11. The Hall–Kier alpha value is -1.41. The summed E-state index contributed by atoms with van der Waals surface area (Å²) in [5, 5.41) is 2.82. The molecule has 0 heterocycles. The van der Waals surface area contributed by atoms with Crippen LogP contribution in [0.3, 0.4) is 0 Å². The van der Waals surface area contributed by atoms with Gasteiger partial charge in [0.15, 0.2) is 0 Å². The molecule has 0 saturated carbocycles. The zero-order valence-electron chi connectivity index (χ0n) is 19.9. The molecule has 0 saturated heterocycles. The molecule has 2 aromatic carbocycles. The van der Waals surface area contributed by atoms with Gasteiger partial charge in [0.1, 0.15) is 11.5 Å². The van der Waals surface area contributed by atoms with E-state index in [9.17, 15) is 0 Å². The van der Waals surface area contributed by atoms with E-state index in [4.69, 9.17) is 21.1 Å². The molecule has 0 aromatic heterocycles. The lowest BCUT2D eigenvalue weighted by atomic mass is 10.1. The van der Waals surface area contributed by atoms with Gasteiger partial charge in [-0.2, -0.15) is 0 Å². The molecule has 0 bridgehead atoms. The van der Waals surface area contributed by atoms with E-state index in [0.29, 0.717) is 5.02 Å². The molecule has 0 radical (unpaired) electrons. The third-order valence-electron chi connectivity index (χ3n) is 5.92. The molecule has 0 unspecified atom stereocenters. The molecule has 3 heteroatoms. The molecule has 2 rings (SSSR count). The van der Waals surface area contributed by atoms with Gasteiger partial charge in [0.25, 0.3) is 0 Å². The van der Waals surface area contributed by atoms with Crippen molar-refractivity contribution in [2.75, 3.05) is 13.2 Å². The molecule has 174 valence electrons. The molecular weight excluding hydrogens is 404 g/mol. The number of rotatable bonds is 18. The molecule has 0 aliphatic carbocycles. The van der Waals surface area contributed by atoms with E-state index in [0.717, 1.165) is 48.3 Å². The van der Waals surface area contributed by atoms with Crippen LogP contribution in [0.2, 0.25) is 5.02 Å². The Morgan fingerprint density at radius 1 is 0.581 bits per heavy atom. The van der Waals surface area contributed by atoms with E-state index >= 15 is 0 Å². The first-order chi connectivity index (χ1) is 15.3. The van der Waals surface area contributed by atoms with Gasteiger partial charge in [-0.05, 0) is 31.0 Å². The van der Waals surface area contributed by atoms with Crippen molar-refractivity contribution in [3.8, 4) is 11.5 Å². The molecule has 2 aromatic rings. The van der Waals surface area contributed by atoms with Crippen LogP contribution in [0.1, 0.15) is 104 Å². The number of hydrogen-bond donors (Lipinski definition) is 0. The first kappa shape index (κ1) is 25.8. The fourth-order valence-electron chi connectivity index (χ4n) is 4.02. The highest BCUT2D eigenvalue weighted by atomic mass is 35.5. The molecular formula is C28H43ClO2. The van der Waals surface area contributed by atoms with Crippen LogP contribution in [-0.4, -0.2) is 13.2 Å². The predicted octanol–water partition coefficient (Wildman–Crippen LogP) is 9.75. The van der Waals surface area contributed by atoms with Gasteiger partial charge in [0.2, 0.25) is 0 Å². The fraction of sp³-hybridized carbons (Fsp3) is 0.643. The molecule has 0 atom stereocenters. The van der Waals surface area contributed by atoms with E-state index in [2.05, 4.69) is 32.0 Å². The third kappa shape index (κ3) is 9.73. The molecule has 0 aliphatic heterocycles. The second-order valence-corrected chi connectivity index (χ2v) is 9.07. The van der Waals surface area contributed by atoms with Crippen LogP contribution >= 0.6 is 11.6 Å². The van der Waals surface area contributed by atoms with E-state index < -0.39 is 0 Å².